The van der Waals surface area contributed by atoms with Crippen molar-refractivity contribution in [3.8, 4) is 28.7 Å². The lowest BCUT2D eigenvalue weighted by Crippen LogP contribution is -2.52. The summed E-state index contributed by atoms with van der Waals surface area (Å²) in [5.74, 6) is 1.61. The summed E-state index contributed by atoms with van der Waals surface area (Å²) in [6, 6.07) is 12.1. The summed E-state index contributed by atoms with van der Waals surface area (Å²) in [6.07, 6.45) is 5.85. The van der Waals surface area contributed by atoms with Crippen molar-refractivity contribution in [1.29, 1.82) is 0 Å². The number of rotatable bonds is 21. The van der Waals surface area contributed by atoms with Crippen LogP contribution in [-0.2, 0) is 51.7 Å². The Labute approximate surface area is 359 Å². The average molecular weight is 855 g/mol. The van der Waals surface area contributed by atoms with Crippen LogP contribution in [-0.4, -0.2) is 120 Å². The minimum Gasteiger partial charge on any atom is -0.493 e. The zero-order valence-electron chi connectivity index (χ0n) is 36.3. The Hall–Kier alpha value is -4.53. The monoisotopic (exact) mass is 854 g/mol. The lowest BCUT2D eigenvalue weighted by Gasteiger charge is -2.46. The number of likely N-dealkylation sites (tertiary alicyclic amines) is 1. The maximum atomic E-state index is 12.9. The fraction of sp³-hybridized carbons (Fsp3) is 0.522. The Balaban J connectivity index is 1.17. The Kier molecular flexibility index (Phi) is 16.5. The molecule has 60 heavy (non-hydrogen) atoms. The highest BCUT2D eigenvalue weighted by atomic mass is 35.5. The van der Waals surface area contributed by atoms with Gasteiger partial charge in [0, 0.05) is 55.7 Å². The summed E-state index contributed by atoms with van der Waals surface area (Å²) in [5.41, 5.74) is 6.80. The normalized spacial score (nSPS) is 18.4. The van der Waals surface area contributed by atoms with E-state index < -0.39 is 11.9 Å². The molecule has 2 aliphatic heterocycles. The van der Waals surface area contributed by atoms with Gasteiger partial charge in [0.1, 0.15) is 17.6 Å². The second kappa shape index (κ2) is 21.3. The molecule has 0 spiro atoms. The van der Waals surface area contributed by atoms with Crippen molar-refractivity contribution in [3.05, 3.63) is 86.5 Å². The Morgan fingerprint density at radius 1 is 0.750 bits per heavy atom. The molecule has 0 aromatic heterocycles. The third kappa shape index (κ3) is 11.0. The molecule has 3 aromatic rings. The van der Waals surface area contributed by atoms with E-state index in [1.165, 1.54) is 5.56 Å². The van der Waals surface area contributed by atoms with Crippen LogP contribution in [0, 0.1) is 6.92 Å². The number of aryl methyl sites for hydroxylation is 1. The molecule has 0 saturated carbocycles. The zero-order valence-corrected chi connectivity index (χ0v) is 37.0. The molecule has 3 aromatic carbocycles. The topological polar surface area (TPSA) is 139 Å². The summed E-state index contributed by atoms with van der Waals surface area (Å²) < 4.78 is 40.5. The fourth-order valence-electron chi connectivity index (χ4n) is 9.13. The minimum absolute atomic E-state index is 0.0546. The number of hydrogen-bond donors (Lipinski definition) is 2. The molecule has 0 unspecified atom stereocenters. The Bertz CT molecular complexity index is 1970. The lowest BCUT2D eigenvalue weighted by molar-refractivity contribution is -0.941. The second-order valence-corrected chi connectivity index (χ2v) is 16.5. The molecule has 1 fully saturated rings. The molecule has 5 rings (SSSR count). The quantitative estimate of drug-likeness (QED) is 0.0556. The number of esters is 2. The lowest BCUT2D eigenvalue weighted by atomic mass is 9.84. The number of aliphatic hydroxyl groups is 2. The number of aliphatic hydroxyl groups excluding tert-OH is 2. The van der Waals surface area contributed by atoms with Crippen molar-refractivity contribution in [1.82, 2.24) is 0 Å². The number of methoxy groups -OCH3 is 5. The van der Waals surface area contributed by atoms with Crippen LogP contribution < -0.4 is 23.7 Å². The van der Waals surface area contributed by atoms with E-state index in [1.807, 2.05) is 37.3 Å². The van der Waals surface area contributed by atoms with Crippen LogP contribution in [0.15, 0.2) is 47.5 Å². The zero-order chi connectivity index (χ0) is 43.5. The second-order valence-electron chi connectivity index (χ2n) is 16.1. The first-order valence-electron chi connectivity index (χ1n) is 20.6. The number of nitrogens with zero attached hydrogens (tertiary/aromatic N) is 2. The first-order chi connectivity index (χ1) is 28.9. The number of carbonyl (C=O) groups is 2. The molecule has 2 N–H and O–H groups in total. The minimum atomic E-state index is -0.787. The van der Waals surface area contributed by atoms with Gasteiger partial charge in [-0.3, -0.25) is 0 Å². The highest BCUT2D eigenvalue weighted by Crippen LogP contribution is 2.43. The van der Waals surface area contributed by atoms with E-state index in [9.17, 15) is 19.8 Å². The van der Waals surface area contributed by atoms with Gasteiger partial charge in [0.25, 0.3) is 0 Å². The first kappa shape index (κ1) is 46.5. The summed E-state index contributed by atoms with van der Waals surface area (Å²) in [7, 11) is 10.2. The van der Waals surface area contributed by atoms with E-state index >= 15 is 0 Å². The van der Waals surface area contributed by atoms with E-state index in [2.05, 4.69) is 13.1 Å². The number of ether oxygens (including phenoxy) is 7. The molecule has 0 radical (unpaired) electrons. The van der Waals surface area contributed by atoms with E-state index in [4.69, 9.17) is 44.8 Å². The van der Waals surface area contributed by atoms with Crippen molar-refractivity contribution in [3.63, 3.8) is 0 Å². The molecular weight excluding hydrogens is 792 g/mol. The highest BCUT2D eigenvalue weighted by Gasteiger charge is 2.40. The smallest absolute Gasteiger partial charge is 0.350 e. The number of likely N-dealkylation sites (N-methyl/N-ethyl adjacent to an activating group) is 1. The van der Waals surface area contributed by atoms with Gasteiger partial charge in [0.05, 0.1) is 102 Å². The molecule has 328 valence electrons. The average Bonchev–Trinajstić information content (AvgIpc) is 3.71. The Morgan fingerprint density at radius 3 is 1.95 bits per heavy atom. The molecular formula is C46H63ClN2O11+2. The van der Waals surface area contributed by atoms with Gasteiger partial charge in [-0.2, -0.15) is 0 Å². The third-order valence-electron chi connectivity index (χ3n) is 12.2. The first-order valence-corrected chi connectivity index (χ1v) is 21.0. The van der Waals surface area contributed by atoms with Crippen molar-refractivity contribution >= 4 is 23.5 Å². The summed E-state index contributed by atoms with van der Waals surface area (Å²) in [5, 5.41) is 19.9. The van der Waals surface area contributed by atoms with Crippen LogP contribution >= 0.6 is 11.6 Å². The largest absolute Gasteiger partial charge is 0.493 e. The van der Waals surface area contributed by atoms with Gasteiger partial charge >= 0.3 is 11.9 Å². The number of fused-ring (bicyclic) bond motifs is 1. The molecule has 0 bridgehead atoms. The van der Waals surface area contributed by atoms with Crippen LogP contribution in [0.1, 0.15) is 70.7 Å². The van der Waals surface area contributed by atoms with E-state index in [-0.39, 0.29) is 37.5 Å². The van der Waals surface area contributed by atoms with Gasteiger partial charge in [0.15, 0.2) is 23.0 Å². The standard InChI is InChI=1S/C46H63ClN2O11/c1-31-20-33(24-40(54-3)44(31)57-6)28-49(14-8-9-15-49)16-11-18-59-43(52)27-38(47)46(53)60-19-10-13-48(2)17-12-34-25-35(29-50)36(30-51)26-37(34)39(48)21-32-22-41(55-4)45(58-7)42(23-32)56-5/h20,22-27,39,50-51H,8-19,21,28-30H2,1-7H3/q+2/b38-27-/t39-,48-/m1/s1. The van der Waals surface area contributed by atoms with Gasteiger partial charge in [-0.15, -0.1) is 0 Å². The predicted octanol–water partition coefficient (Wildman–Crippen LogP) is 6.11. The summed E-state index contributed by atoms with van der Waals surface area (Å²) >= 11 is 6.25. The summed E-state index contributed by atoms with van der Waals surface area (Å²) in [6.45, 7) is 7.22. The van der Waals surface area contributed by atoms with E-state index in [1.54, 1.807) is 35.5 Å². The SMILES string of the molecule is COc1cc(C[N+]2(CCCOC(=O)/C=C(\Cl)C(=O)OCCC[N@+]3(C)CCc4cc(CO)c(CO)cc4[C@H]3Cc3cc(OC)c(OC)c(OC)c3)CCCC2)cc(C)c1OC. The molecule has 0 aliphatic carbocycles. The molecule has 0 amide bonds. The van der Waals surface area contributed by atoms with Gasteiger partial charge in [-0.1, -0.05) is 17.7 Å². The number of hydrogen-bond acceptors (Lipinski definition) is 11. The van der Waals surface area contributed by atoms with Gasteiger partial charge in [0.2, 0.25) is 5.75 Å². The van der Waals surface area contributed by atoms with Gasteiger partial charge in [-0.05, 0) is 65.1 Å². The van der Waals surface area contributed by atoms with E-state index in [0.29, 0.717) is 58.7 Å². The van der Waals surface area contributed by atoms with Crippen molar-refractivity contribution < 1.29 is 61.9 Å². The van der Waals surface area contributed by atoms with Crippen LogP contribution in [0.3, 0.4) is 0 Å². The number of halogens is 1. The molecule has 13 nitrogen and oxygen atoms in total. The number of carbonyl (C=O) groups excluding carboxylic acids is 2. The van der Waals surface area contributed by atoms with Gasteiger partial charge in [-0.25, -0.2) is 9.59 Å². The molecule has 14 heteroatoms. The van der Waals surface area contributed by atoms with Crippen LogP contribution in [0.25, 0.3) is 0 Å². The van der Waals surface area contributed by atoms with Crippen LogP contribution in [0.4, 0.5) is 0 Å². The maximum Gasteiger partial charge on any atom is 0.350 e. The van der Waals surface area contributed by atoms with Gasteiger partial charge < -0.3 is 52.3 Å². The number of quaternary nitrogens is 2. The van der Waals surface area contributed by atoms with Crippen LogP contribution in [0.2, 0.25) is 0 Å². The van der Waals surface area contributed by atoms with Crippen LogP contribution in [0.5, 0.6) is 28.7 Å². The fourth-order valence-corrected chi connectivity index (χ4v) is 9.27. The maximum absolute atomic E-state index is 12.9. The predicted molar refractivity (Wildman–Crippen MR) is 228 cm³/mol. The molecule has 1 saturated heterocycles. The third-order valence-corrected chi connectivity index (χ3v) is 12.5. The van der Waals surface area contributed by atoms with Crippen molar-refractivity contribution in [2.24, 2.45) is 0 Å². The Morgan fingerprint density at radius 2 is 1.33 bits per heavy atom. The molecule has 2 aliphatic rings. The molecule has 2 atom stereocenters. The van der Waals surface area contributed by atoms with Crippen molar-refractivity contribution in [2.75, 3.05) is 88.5 Å². The van der Waals surface area contributed by atoms with E-state index in [0.717, 1.165) is 96.3 Å². The number of benzene rings is 3. The highest BCUT2D eigenvalue weighted by molar-refractivity contribution is 6.42. The summed E-state index contributed by atoms with van der Waals surface area (Å²) in [4.78, 5) is 25.6. The molecule has 2 heterocycles. The van der Waals surface area contributed by atoms with Crippen molar-refractivity contribution in [2.45, 2.75) is 71.2 Å².